The van der Waals surface area contributed by atoms with Gasteiger partial charge in [-0.05, 0) is 37.5 Å². The maximum atomic E-state index is 11.6. The van der Waals surface area contributed by atoms with Gasteiger partial charge in [0.15, 0.2) is 0 Å². The van der Waals surface area contributed by atoms with Crippen LogP contribution in [0.1, 0.15) is 18.4 Å². The number of carbonyl (C=O) groups excluding carboxylic acids is 1. The number of amides is 1. The summed E-state index contributed by atoms with van der Waals surface area (Å²) in [5, 5.41) is 6.98. The first-order valence-corrected chi connectivity index (χ1v) is 6.30. The molecule has 0 atom stereocenters. The topological polar surface area (TPSA) is 41.1 Å². The van der Waals surface area contributed by atoms with Crippen molar-refractivity contribution < 1.29 is 4.79 Å². The van der Waals surface area contributed by atoms with Crippen LogP contribution in [-0.2, 0) is 4.79 Å². The summed E-state index contributed by atoms with van der Waals surface area (Å²) in [7, 11) is 0. The standard InChI is InChI=1S/C12H14Cl2N2O/c1-7-4-10(14)11(5-9(7)13)16-12(17)6-15-8-2-3-8/h4-5,8,15H,2-3,6H2,1H3,(H,16,17). The fraction of sp³-hybridized carbons (Fsp3) is 0.417. The highest BCUT2D eigenvalue weighted by Crippen LogP contribution is 2.28. The molecule has 0 bridgehead atoms. The van der Waals surface area contributed by atoms with E-state index in [1.807, 2.05) is 6.92 Å². The summed E-state index contributed by atoms with van der Waals surface area (Å²) in [4.78, 5) is 11.6. The molecule has 0 radical (unpaired) electrons. The minimum absolute atomic E-state index is 0.0984. The molecular weight excluding hydrogens is 259 g/mol. The van der Waals surface area contributed by atoms with Crippen LogP contribution in [0, 0.1) is 6.92 Å². The highest BCUT2D eigenvalue weighted by molar-refractivity contribution is 6.36. The number of aryl methyl sites for hydroxylation is 1. The van der Waals surface area contributed by atoms with Gasteiger partial charge in [-0.2, -0.15) is 0 Å². The molecule has 0 saturated heterocycles. The lowest BCUT2D eigenvalue weighted by molar-refractivity contribution is -0.115. The molecule has 0 heterocycles. The van der Waals surface area contributed by atoms with Gasteiger partial charge in [0.05, 0.1) is 17.3 Å². The van der Waals surface area contributed by atoms with Gasteiger partial charge in [0.25, 0.3) is 0 Å². The molecule has 1 amide bonds. The van der Waals surface area contributed by atoms with E-state index in [1.54, 1.807) is 12.1 Å². The van der Waals surface area contributed by atoms with E-state index < -0.39 is 0 Å². The van der Waals surface area contributed by atoms with Crippen molar-refractivity contribution in [3.8, 4) is 0 Å². The molecule has 17 heavy (non-hydrogen) atoms. The van der Waals surface area contributed by atoms with E-state index in [1.165, 1.54) is 0 Å². The number of anilines is 1. The van der Waals surface area contributed by atoms with Gasteiger partial charge in [-0.3, -0.25) is 4.79 Å². The fourth-order valence-corrected chi connectivity index (χ4v) is 1.89. The summed E-state index contributed by atoms with van der Waals surface area (Å²) in [5.41, 5.74) is 1.45. The molecule has 1 aromatic rings. The fourth-order valence-electron chi connectivity index (χ4n) is 1.46. The molecule has 1 saturated carbocycles. The summed E-state index contributed by atoms with van der Waals surface area (Å²) in [6.45, 7) is 2.18. The Morgan fingerprint density at radius 2 is 2.06 bits per heavy atom. The zero-order valence-corrected chi connectivity index (χ0v) is 11.0. The van der Waals surface area contributed by atoms with E-state index in [9.17, 15) is 4.79 Å². The average molecular weight is 273 g/mol. The van der Waals surface area contributed by atoms with Crippen LogP contribution < -0.4 is 10.6 Å². The van der Waals surface area contributed by atoms with Gasteiger partial charge in [-0.25, -0.2) is 0 Å². The normalized spacial score (nSPS) is 14.8. The molecule has 0 aromatic heterocycles. The summed E-state index contributed by atoms with van der Waals surface area (Å²) in [5.74, 6) is -0.0984. The Bertz CT molecular complexity index is 444. The van der Waals surface area contributed by atoms with E-state index in [0.717, 1.165) is 18.4 Å². The van der Waals surface area contributed by atoms with Crippen molar-refractivity contribution in [1.29, 1.82) is 0 Å². The number of carbonyl (C=O) groups is 1. The lowest BCUT2D eigenvalue weighted by atomic mass is 10.2. The maximum Gasteiger partial charge on any atom is 0.238 e. The Balaban J connectivity index is 1.96. The summed E-state index contributed by atoms with van der Waals surface area (Å²) in [6.07, 6.45) is 2.31. The summed E-state index contributed by atoms with van der Waals surface area (Å²) < 4.78 is 0. The zero-order chi connectivity index (χ0) is 12.4. The van der Waals surface area contributed by atoms with Crippen LogP contribution in [0.15, 0.2) is 12.1 Å². The lowest BCUT2D eigenvalue weighted by Gasteiger charge is -2.09. The maximum absolute atomic E-state index is 11.6. The van der Waals surface area contributed by atoms with Crippen LogP contribution in [0.25, 0.3) is 0 Å². The highest BCUT2D eigenvalue weighted by Gasteiger charge is 2.21. The Labute approximate surface area is 110 Å². The molecule has 1 fully saturated rings. The Kier molecular flexibility index (Phi) is 3.92. The quantitative estimate of drug-likeness (QED) is 0.885. The van der Waals surface area contributed by atoms with Crippen LogP contribution in [0.3, 0.4) is 0 Å². The van der Waals surface area contributed by atoms with Crippen molar-refractivity contribution in [3.63, 3.8) is 0 Å². The van der Waals surface area contributed by atoms with E-state index in [0.29, 0.717) is 28.3 Å². The number of hydrogen-bond acceptors (Lipinski definition) is 2. The van der Waals surface area contributed by atoms with Gasteiger partial charge in [-0.15, -0.1) is 0 Å². The number of benzene rings is 1. The number of halogens is 2. The van der Waals surface area contributed by atoms with E-state index in [-0.39, 0.29) is 5.91 Å². The van der Waals surface area contributed by atoms with Crippen LogP contribution in [-0.4, -0.2) is 18.5 Å². The van der Waals surface area contributed by atoms with E-state index in [2.05, 4.69) is 10.6 Å². The first-order chi connectivity index (χ1) is 8.06. The van der Waals surface area contributed by atoms with Gasteiger partial charge in [0.1, 0.15) is 0 Å². The molecule has 5 heteroatoms. The predicted molar refractivity (Wildman–Crippen MR) is 70.9 cm³/mol. The monoisotopic (exact) mass is 272 g/mol. The molecule has 1 aliphatic carbocycles. The average Bonchev–Trinajstić information content (AvgIpc) is 3.07. The van der Waals surface area contributed by atoms with Crippen molar-refractivity contribution in [1.82, 2.24) is 5.32 Å². The number of rotatable bonds is 4. The Hall–Kier alpha value is -0.770. The molecule has 0 spiro atoms. The van der Waals surface area contributed by atoms with Crippen LogP contribution >= 0.6 is 23.2 Å². The summed E-state index contributed by atoms with van der Waals surface area (Å²) >= 11 is 12.0. The summed E-state index contributed by atoms with van der Waals surface area (Å²) in [6, 6.07) is 3.93. The van der Waals surface area contributed by atoms with Crippen molar-refractivity contribution in [2.75, 3.05) is 11.9 Å². The number of hydrogen-bond donors (Lipinski definition) is 2. The molecular formula is C12H14Cl2N2O. The minimum atomic E-state index is -0.0984. The van der Waals surface area contributed by atoms with Crippen LogP contribution in [0.2, 0.25) is 10.0 Å². The van der Waals surface area contributed by atoms with Gasteiger partial charge < -0.3 is 10.6 Å². The molecule has 1 aromatic carbocycles. The largest absolute Gasteiger partial charge is 0.324 e. The molecule has 2 N–H and O–H groups in total. The second-order valence-electron chi connectivity index (χ2n) is 4.28. The first-order valence-electron chi connectivity index (χ1n) is 5.55. The van der Waals surface area contributed by atoms with Gasteiger partial charge >= 0.3 is 0 Å². The first kappa shape index (κ1) is 12.7. The van der Waals surface area contributed by atoms with E-state index >= 15 is 0 Å². The van der Waals surface area contributed by atoms with Crippen LogP contribution in [0.4, 0.5) is 5.69 Å². The molecule has 2 rings (SSSR count). The third-order valence-corrected chi connectivity index (χ3v) is 3.37. The third kappa shape index (κ3) is 3.60. The second-order valence-corrected chi connectivity index (χ2v) is 5.10. The predicted octanol–water partition coefficient (Wildman–Crippen LogP) is 2.99. The van der Waals surface area contributed by atoms with Gasteiger partial charge in [-0.1, -0.05) is 23.2 Å². The van der Waals surface area contributed by atoms with Crippen LogP contribution in [0.5, 0.6) is 0 Å². The van der Waals surface area contributed by atoms with E-state index in [4.69, 9.17) is 23.2 Å². The molecule has 0 aliphatic heterocycles. The highest BCUT2D eigenvalue weighted by atomic mass is 35.5. The lowest BCUT2D eigenvalue weighted by Crippen LogP contribution is -2.29. The number of nitrogens with one attached hydrogen (secondary N) is 2. The molecule has 92 valence electrons. The smallest absolute Gasteiger partial charge is 0.238 e. The van der Waals surface area contributed by atoms with Gasteiger partial charge in [0, 0.05) is 11.1 Å². The van der Waals surface area contributed by atoms with Crippen molar-refractivity contribution in [2.24, 2.45) is 0 Å². The van der Waals surface area contributed by atoms with Crippen molar-refractivity contribution in [3.05, 3.63) is 27.7 Å². The van der Waals surface area contributed by atoms with Gasteiger partial charge in [0.2, 0.25) is 5.91 Å². The molecule has 0 unspecified atom stereocenters. The molecule has 1 aliphatic rings. The molecule has 3 nitrogen and oxygen atoms in total. The Morgan fingerprint density at radius 1 is 1.35 bits per heavy atom. The van der Waals surface area contributed by atoms with Crippen molar-refractivity contribution >= 4 is 34.8 Å². The minimum Gasteiger partial charge on any atom is -0.324 e. The Morgan fingerprint density at radius 3 is 2.71 bits per heavy atom. The zero-order valence-electron chi connectivity index (χ0n) is 9.52. The SMILES string of the molecule is Cc1cc(Cl)c(NC(=O)CNC2CC2)cc1Cl. The third-order valence-electron chi connectivity index (χ3n) is 2.65. The van der Waals surface area contributed by atoms with Crippen molar-refractivity contribution in [2.45, 2.75) is 25.8 Å². The second kappa shape index (κ2) is 5.25.